The number of methoxy groups -OCH3 is 1. The highest BCUT2D eigenvalue weighted by molar-refractivity contribution is 5.87. The smallest absolute Gasteiger partial charge is 0.220 e. The number of pyridine rings is 1. The zero-order chi connectivity index (χ0) is 19.7. The maximum absolute atomic E-state index is 10.7. The highest BCUT2D eigenvalue weighted by Crippen LogP contribution is 2.40. The minimum Gasteiger partial charge on any atom is -0.507 e. The van der Waals surface area contributed by atoms with Crippen LogP contribution >= 0.6 is 0 Å². The molecule has 0 bridgehead atoms. The van der Waals surface area contributed by atoms with Gasteiger partial charge in [-0.3, -0.25) is 0 Å². The maximum Gasteiger partial charge on any atom is 0.220 e. The molecule has 0 spiro atoms. The van der Waals surface area contributed by atoms with Crippen molar-refractivity contribution in [1.29, 1.82) is 0 Å². The third kappa shape index (κ3) is 3.09. The Labute approximate surface area is 162 Å². The number of anilines is 1. The summed E-state index contributed by atoms with van der Waals surface area (Å²) in [6.07, 6.45) is 2.34. The topological polar surface area (TPSA) is 94.2 Å². The number of hydrogen-bond donors (Lipinski definition) is 2. The van der Waals surface area contributed by atoms with Gasteiger partial charge in [0.05, 0.1) is 24.0 Å². The molecule has 0 radical (unpaired) electrons. The van der Waals surface area contributed by atoms with Gasteiger partial charge in [0.15, 0.2) is 0 Å². The van der Waals surface area contributed by atoms with Crippen LogP contribution in [0.2, 0.25) is 0 Å². The molecule has 28 heavy (non-hydrogen) atoms. The van der Waals surface area contributed by atoms with Crippen LogP contribution in [0.4, 0.5) is 5.95 Å². The van der Waals surface area contributed by atoms with Crippen molar-refractivity contribution >= 4 is 16.9 Å². The Morgan fingerprint density at radius 2 is 1.89 bits per heavy atom. The number of phenols is 1. The van der Waals surface area contributed by atoms with Gasteiger partial charge in [0.1, 0.15) is 11.5 Å². The third-order valence-electron chi connectivity index (χ3n) is 4.71. The van der Waals surface area contributed by atoms with E-state index in [1.165, 1.54) is 0 Å². The minimum absolute atomic E-state index is 0.0799. The largest absolute Gasteiger partial charge is 0.507 e. The lowest BCUT2D eigenvalue weighted by atomic mass is 9.96. The lowest BCUT2D eigenvalue weighted by Gasteiger charge is -2.15. The molecule has 0 saturated carbocycles. The van der Waals surface area contributed by atoms with Crippen LogP contribution in [0.3, 0.4) is 0 Å². The fraction of sp³-hybridized carbons (Fsp3) is 0.136. The SMILES string of the molecule is CCc1cc(OC)cc(O)c1-c1nc(N)ncc1-c1ccc2ccccc2n1. The first-order chi connectivity index (χ1) is 13.6. The fourth-order valence-corrected chi connectivity index (χ4v) is 3.32. The van der Waals surface area contributed by atoms with Gasteiger partial charge in [-0.15, -0.1) is 0 Å². The molecule has 4 aromatic rings. The van der Waals surface area contributed by atoms with Crippen molar-refractivity contribution in [2.24, 2.45) is 0 Å². The van der Waals surface area contributed by atoms with Crippen molar-refractivity contribution < 1.29 is 9.84 Å². The molecule has 4 rings (SSSR count). The van der Waals surface area contributed by atoms with E-state index in [2.05, 4.69) is 9.97 Å². The van der Waals surface area contributed by atoms with Crippen LogP contribution in [0.1, 0.15) is 12.5 Å². The summed E-state index contributed by atoms with van der Waals surface area (Å²) in [5.41, 5.74) is 10.2. The van der Waals surface area contributed by atoms with E-state index in [4.69, 9.17) is 15.5 Å². The number of nitrogens with two attached hydrogens (primary N) is 1. The normalized spacial score (nSPS) is 10.9. The molecule has 0 saturated heterocycles. The first kappa shape index (κ1) is 17.7. The molecule has 0 unspecified atom stereocenters. The van der Waals surface area contributed by atoms with Crippen molar-refractivity contribution in [2.75, 3.05) is 12.8 Å². The van der Waals surface area contributed by atoms with Crippen LogP contribution in [-0.2, 0) is 6.42 Å². The molecule has 2 heterocycles. The van der Waals surface area contributed by atoms with Gasteiger partial charge in [0, 0.05) is 28.8 Å². The Kier molecular flexibility index (Phi) is 4.53. The van der Waals surface area contributed by atoms with E-state index in [1.54, 1.807) is 19.4 Å². The molecule has 2 aromatic carbocycles. The number of ether oxygens (including phenoxy) is 1. The summed E-state index contributed by atoms with van der Waals surface area (Å²) >= 11 is 0. The number of phenolic OH excluding ortho intramolecular Hbond substituents is 1. The van der Waals surface area contributed by atoms with E-state index >= 15 is 0 Å². The van der Waals surface area contributed by atoms with Crippen LogP contribution in [0.15, 0.2) is 54.7 Å². The predicted octanol–water partition coefficient (Wildman–Crippen LogP) is 4.22. The van der Waals surface area contributed by atoms with Crippen LogP contribution in [-0.4, -0.2) is 27.2 Å². The van der Waals surface area contributed by atoms with Crippen molar-refractivity contribution in [1.82, 2.24) is 15.0 Å². The molecule has 6 nitrogen and oxygen atoms in total. The molecule has 140 valence electrons. The maximum atomic E-state index is 10.7. The molecular weight excluding hydrogens is 352 g/mol. The first-order valence-electron chi connectivity index (χ1n) is 8.99. The van der Waals surface area contributed by atoms with Gasteiger partial charge < -0.3 is 15.6 Å². The number of rotatable bonds is 4. The van der Waals surface area contributed by atoms with E-state index in [0.717, 1.165) is 16.5 Å². The van der Waals surface area contributed by atoms with E-state index in [-0.39, 0.29) is 11.7 Å². The number of aryl methyl sites for hydroxylation is 1. The highest BCUT2D eigenvalue weighted by Gasteiger charge is 2.19. The molecule has 0 aliphatic carbocycles. The standard InChI is InChI=1S/C22H20N4O2/c1-3-13-10-15(28-2)11-19(27)20(13)21-16(12-24-22(23)26-21)18-9-8-14-6-4-5-7-17(14)25-18/h4-12,27H,3H2,1-2H3,(H2,23,24,26). The van der Waals surface area contributed by atoms with E-state index < -0.39 is 0 Å². The predicted molar refractivity (Wildman–Crippen MR) is 110 cm³/mol. The molecule has 0 amide bonds. The van der Waals surface area contributed by atoms with E-state index in [1.807, 2.05) is 49.4 Å². The van der Waals surface area contributed by atoms with Gasteiger partial charge in [-0.25, -0.2) is 15.0 Å². The van der Waals surface area contributed by atoms with Gasteiger partial charge in [-0.1, -0.05) is 31.2 Å². The number of aromatic hydroxyl groups is 1. The van der Waals surface area contributed by atoms with Gasteiger partial charge in [-0.2, -0.15) is 0 Å². The summed E-state index contributed by atoms with van der Waals surface area (Å²) in [4.78, 5) is 13.4. The second-order valence-corrected chi connectivity index (χ2v) is 6.41. The monoisotopic (exact) mass is 372 g/mol. The Morgan fingerprint density at radius 1 is 1.07 bits per heavy atom. The van der Waals surface area contributed by atoms with Gasteiger partial charge in [0.2, 0.25) is 5.95 Å². The molecule has 6 heteroatoms. The average Bonchev–Trinajstić information content (AvgIpc) is 2.72. The Morgan fingerprint density at radius 3 is 2.68 bits per heavy atom. The minimum atomic E-state index is 0.0799. The number of benzene rings is 2. The second kappa shape index (κ2) is 7.15. The lowest BCUT2D eigenvalue weighted by molar-refractivity contribution is 0.407. The van der Waals surface area contributed by atoms with Crippen molar-refractivity contribution in [3.63, 3.8) is 0 Å². The van der Waals surface area contributed by atoms with Crippen LogP contribution in [0.5, 0.6) is 11.5 Å². The first-order valence-corrected chi connectivity index (χ1v) is 8.99. The molecule has 0 aliphatic rings. The van der Waals surface area contributed by atoms with Gasteiger partial charge >= 0.3 is 0 Å². The van der Waals surface area contributed by atoms with Crippen molar-refractivity contribution in [3.8, 4) is 34.0 Å². The molecule has 0 atom stereocenters. The van der Waals surface area contributed by atoms with Crippen LogP contribution < -0.4 is 10.5 Å². The molecule has 0 fully saturated rings. The molecule has 0 aliphatic heterocycles. The van der Waals surface area contributed by atoms with E-state index in [0.29, 0.717) is 34.7 Å². The third-order valence-corrected chi connectivity index (χ3v) is 4.71. The second-order valence-electron chi connectivity index (χ2n) is 6.41. The Bertz CT molecular complexity index is 1170. The van der Waals surface area contributed by atoms with Crippen molar-refractivity contribution in [2.45, 2.75) is 13.3 Å². The zero-order valence-electron chi connectivity index (χ0n) is 15.7. The number of fused-ring (bicyclic) bond motifs is 1. The molecule has 3 N–H and O–H groups in total. The zero-order valence-corrected chi connectivity index (χ0v) is 15.7. The Hall–Kier alpha value is -3.67. The molecular formula is C22H20N4O2. The number of aromatic nitrogens is 3. The number of nitrogens with zero attached hydrogens (tertiary/aromatic N) is 3. The summed E-state index contributed by atoms with van der Waals surface area (Å²) in [6.45, 7) is 2.01. The quantitative estimate of drug-likeness (QED) is 0.557. The summed E-state index contributed by atoms with van der Waals surface area (Å²) < 4.78 is 5.29. The molecule has 2 aromatic heterocycles. The van der Waals surface area contributed by atoms with Crippen molar-refractivity contribution in [3.05, 3.63) is 60.3 Å². The lowest BCUT2D eigenvalue weighted by Crippen LogP contribution is -2.02. The summed E-state index contributed by atoms with van der Waals surface area (Å²) in [5, 5.41) is 11.8. The highest BCUT2D eigenvalue weighted by atomic mass is 16.5. The van der Waals surface area contributed by atoms with Crippen LogP contribution in [0.25, 0.3) is 33.4 Å². The van der Waals surface area contributed by atoms with Gasteiger partial charge in [-0.05, 0) is 30.2 Å². The fourth-order valence-electron chi connectivity index (χ4n) is 3.32. The summed E-state index contributed by atoms with van der Waals surface area (Å²) in [6, 6.07) is 15.3. The summed E-state index contributed by atoms with van der Waals surface area (Å²) in [7, 11) is 1.57. The van der Waals surface area contributed by atoms with Gasteiger partial charge in [0.25, 0.3) is 0 Å². The number of hydrogen-bond acceptors (Lipinski definition) is 6. The number of nitrogen functional groups attached to an aromatic ring is 1. The average molecular weight is 372 g/mol. The van der Waals surface area contributed by atoms with Crippen LogP contribution in [0, 0.1) is 0 Å². The number of para-hydroxylation sites is 1. The summed E-state index contributed by atoms with van der Waals surface area (Å²) in [5.74, 6) is 0.804. The van der Waals surface area contributed by atoms with E-state index in [9.17, 15) is 5.11 Å². The Balaban J connectivity index is 1.97.